The van der Waals surface area contributed by atoms with Crippen molar-refractivity contribution >= 4 is 22.6 Å². The predicted octanol–water partition coefficient (Wildman–Crippen LogP) is 4.92. The smallest absolute Gasteiger partial charge is 0.148 e. The monoisotopic (exact) mass is 358 g/mol. The minimum Gasteiger partial charge on any atom is -0.485 e. The van der Waals surface area contributed by atoms with E-state index in [1.807, 2.05) is 37.3 Å². The molecule has 0 bridgehead atoms. The molecule has 0 aliphatic heterocycles. The average molecular weight is 359 g/mol. The number of fused-ring (bicyclic) bond motifs is 1. The SMILES string of the molecule is CCOCCn1c(COc2cccc(C)c2C)nc2cc(Cl)ccc21. The van der Waals surface area contributed by atoms with Crippen LogP contribution in [0.2, 0.25) is 5.02 Å². The highest BCUT2D eigenvalue weighted by atomic mass is 35.5. The van der Waals surface area contributed by atoms with Gasteiger partial charge in [-0.15, -0.1) is 0 Å². The summed E-state index contributed by atoms with van der Waals surface area (Å²) in [5.74, 6) is 1.76. The first-order chi connectivity index (χ1) is 12.1. The maximum atomic E-state index is 6.11. The Morgan fingerprint density at radius 3 is 2.80 bits per heavy atom. The van der Waals surface area contributed by atoms with E-state index in [-0.39, 0.29) is 0 Å². The summed E-state index contributed by atoms with van der Waals surface area (Å²) in [5.41, 5.74) is 4.30. The van der Waals surface area contributed by atoms with Crippen LogP contribution in [0, 0.1) is 13.8 Å². The third-order valence-electron chi connectivity index (χ3n) is 4.36. The normalized spacial score (nSPS) is 11.2. The lowest BCUT2D eigenvalue weighted by Gasteiger charge is -2.13. The summed E-state index contributed by atoms with van der Waals surface area (Å²) in [6, 6.07) is 11.9. The third-order valence-corrected chi connectivity index (χ3v) is 4.60. The Bertz CT molecular complexity index is 874. The van der Waals surface area contributed by atoms with Crippen LogP contribution in [0.5, 0.6) is 5.75 Å². The summed E-state index contributed by atoms with van der Waals surface area (Å²) in [4.78, 5) is 4.72. The number of aryl methyl sites for hydroxylation is 1. The van der Waals surface area contributed by atoms with E-state index < -0.39 is 0 Å². The minimum atomic E-state index is 0.405. The van der Waals surface area contributed by atoms with Gasteiger partial charge >= 0.3 is 0 Å². The summed E-state index contributed by atoms with van der Waals surface area (Å²) in [7, 11) is 0. The molecule has 2 aromatic carbocycles. The molecule has 0 saturated heterocycles. The molecule has 0 aliphatic rings. The summed E-state index contributed by atoms with van der Waals surface area (Å²) in [6.45, 7) is 8.63. The summed E-state index contributed by atoms with van der Waals surface area (Å²) in [6.07, 6.45) is 0. The van der Waals surface area contributed by atoms with Gasteiger partial charge in [0.05, 0.1) is 17.6 Å². The number of ether oxygens (including phenoxy) is 2. The second kappa shape index (κ2) is 7.89. The van der Waals surface area contributed by atoms with Crippen molar-refractivity contribution in [2.45, 2.75) is 33.9 Å². The molecule has 1 heterocycles. The fourth-order valence-corrected chi connectivity index (χ4v) is 3.00. The van der Waals surface area contributed by atoms with Crippen LogP contribution in [-0.2, 0) is 17.9 Å². The predicted molar refractivity (Wildman–Crippen MR) is 101 cm³/mol. The van der Waals surface area contributed by atoms with E-state index in [9.17, 15) is 0 Å². The molecule has 5 heteroatoms. The van der Waals surface area contributed by atoms with Crippen LogP contribution >= 0.6 is 11.6 Å². The van der Waals surface area contributed by atoms with Crippen LogP contribution in [0.1, 0.15) is 23.9 Å². The number of hydrogen-bond donors (Lipinski definition) is 0. The van der Waals surface area contributed by atoms with E-state index >= 15 is 0 Å². The van der Waals surface area contributed by atoms with Gasteiger partial charge in [0.15, 0.2) is 0 Å². The molecule has 3 aromatic rings. The molecule has 0 N–H and O–H groups in total. The van der Waals surface area contributed by atoms with Crippen LogP contribution in [0.4, 0.5) is 0 Å². The van der Waals surface area contributed by atoms with Crippen LogP contribution in [-0.4, -0.2) is 22.8 Å². The van der Waals surface area contributed by atoms with Gasteiger partial charge in [-0.25, -0.2) is 4.98 Å². The standard InChI is InChI=1S/C20H23ClN2O2/c1-4-24-11-10-23-18-9-8-16(21)12-17(18)22-20(23)13-25-19-7-5-6-14(2)15(19)3/h5-9,12H,4,10-11,13H2,1-3H3. The van der Waals surface area contributed by atoms with E-state index in [4.69, 9.17) is 26.1 Å². The van der Waals surface area contributed by atoms with Crippen molar-refractivity contribution in [2.75, 3.05) is 13.2 Å². The molecular weight excluding hydrogens is 336 g/mol. The number of hydrogen-bond acceptors (Lipinski definition) is 3. The van der Waals surface area contributed by atoms with Crippen molar-refractivity contribution in [1.29, 1.82) is 0 Å². The Morgan fingerprint density at radius 1 is 1.16 bits per heavy atom. The number of nitrogens with zero attached hydrogens (tertiary/aromatic N) is 2. The molecule has 0 aliphatic carbocycles. The molecule has 3 rings (SSSR count). The van der Waals surface area contributed by atoms with Crippen molar-refractivity contribution in [1.82, 2.24) is 9.55 Å². The van der Waals surface area contributed by atoms with Gasteiger partial charge in [-0.05, 0) is 56.2 Å². The van der Waals surface area contributed by atoms with Crippen molar-refractivity contribution in [3.63, 3.8) is 0 Å². The number of imidazole rings is 1. The Kier molecular flexibility index (Phi) is 5.61. The summed E-state index contributed by atoms with van der Waals surface area (Å²) >= 11 is 6.11. The molecule has 4 nitrogen and oxygen atoms in total. The number of benzene rings is 2. The average Bonchev–Trinajstić information content (AvgIpc) is 2.93. The first-order valence-electron chi connectivity index (χ1n) is 8.51. The topological polar surface area (TPSA) is 36.3 Å². The lowest BCUT2D eigenvalue weighted by molar-refractivity contribution is 0.138. The maximum Gasteiger partial charge on any atom is 0.148 e. The van der Waals surface area contributed by atoms with E-state index in [2.05, 4.69) is 24.5 Å². The van der Waals surface area contributed by atoms with Gasteiger partial charge in [0.2, 0.25) is 0 Å². The largest absolute Gasteiger partial charge is 0.485 e. The minimum absolute atomic E-state index is 0.405. The third kappa shape index (κ3) is 3.97. The Balaban J connectivity index is 1.88. The van der Waals surface area contributed by atoms with Gasteiger partial charge in [0.1, 0.15) is 18.2 Å². The van der Waals surface area contributed by atoms with Gasteiger partial charge in [-0.2, -0.15) is 0 Å². The Labute approximate surface area is 153 Å². The molecule has 0 amide bonds. The summed E-state index contributed by atoms with van der Waals surface area (Å²) < 4.78 is 13.7. The van der Waals surface area contributed by atoms with Crippen molar-refractivity contribution in [3.8, 4) is 5.75 Å². The molecule has 0 fully saturated rings. The molecule has 1 aromatic heterocycles. The molecule has 0 unspecified atom stereocenters. The fourth-order valence-electron chi connectivity index (χ4n) is 2.84. The first kappa shape index (κ1) is 17.8. The van der Waals surface area contributed by atoms with Crippen LogP contribution in [0.25, 0.3) is 11.0 Å². The fraction of sp³-hybridized carbons (Fsp3) is 0.350. The van der Waals surface area contributed by atoms with Gasteiger partial charge in [0.25, 0.3) is 0 Å². The lowest BCUT2D eigenvalue weighted by atomic mass is 10.1. The van der Waals surface area contributed by atoms with Gasteiger partial charge in [-0.1, -0.05) is 23.7 Å². The quantitative estimate of drug-likeness (QED) is 0.562. The molecule has 0 radical (unpaired) electrons. The zero-order valence-corrected chi connectivity index (χ0v) is 15.6. The molecular formula is C20H23ClN2O2. The summed E-state index contributed by atoms with van der Waals surface area (Å²) in [5, 5.41) is 0.684. The highest BCUT2D eigenvalue weighted by molar-refractivity contribution is 6.31. The highest BCUT2D eigenvalue weighted by Gasteiger charge is 2.12. The zero-order valence-electron chi connectivity index (χ0n) is 14.9. The van der Waals surface area contributed by atoms with E-state index in [0.717, 1.165) is 34.7 Å². The second-order valence-electron chi connectivity index (χ2n) is 6.00. The van der Waals surface area contributed by atoms with Gasteiger partial charge in [-0.3, -0.25) is 0 Å². The number of halogens is 1. The maximum absolute atomic E-state index is 6.11. The van der Waals surface area contributed by atoms with Crippen LogP contribution in [0.3, 0.4) is 0 Å². The molecule has 25 heavy (non-hydrogen) atoms. The molecule has 0 atom stereocenters. The van der Waals surface area contributed by atoms with E-state index in [1.165, 1.54) is 5.56 Å². The van der Waals surface area contributed by atoms with E-state index in [1.54, 1.807) is 0 Å². The van der Waals surface area contributed by atoms with Gasteiger partial charge in [0, 0.05) is 18.2 Å². The molecule has 0 saturated carbocycles. The van der Waals surface area contributed by atoms with Crippen molar-refractivity contribution < 1.29 is 9.47 Å². The first-order valence-corrected chi connectivity index (χ1v) is 8.89. The number of rotatable bonds is 7. The number of aromatic nitrogens is 2. The second-order valence-corrected chi connectivity index (χ2v) is 6.43. The molecule has 0 spiro atoms. The van der Waals surface area contributed by atoms with Gasteiger partial charge < -0.3 is 14.0 Å². The van der Waals surface area contributed by atoms with Crippen molar-refractivity contribution in [2.24, 2.45) is 0 Å². The molecule has 132 valence electrons. The lowest BCUT2D eigenvalue weighted by Crippen LogP contribution is -2.11. The van der Waals surface area contributed by atoms with Crippen LogP contribution < -0.4 is 4.74 Å². The Hall–Kier alpha value is -2.04. The highest BCUT2D eigenvalue weighted by Crippen LogP contribution is 2.24. The van der Waals surface area contributed by atoms with Crippen LogP contribution in [0.15, 0.2) is 36.4 Å². The van der Waals surface area contributed by atoms with Crippen molar-refractivity contribution in [3.05, 3.63) is 58.4 Å². The van der Waals surface area contributed by atoms with E-state index in [0.29, 0.717) is 24.8 Å². The Morgan fingerprint density at radius 2 is 2.00 bits per heavy atom. The zero-order chi connectivity index (χ0) is 17.8.